The summed E-state index contributed by atoms with van der Waals surface area (Å²) in [6.07, 6.45) is 7.38. The van der Waals surface area contributed by atoms with E-state index in [0.29, 0.717) is 5.92 Å². The summed E-state index contributed by atoms with van der Waals surface area (Å²) in [5.74, 6) is 1.55. The molecule has 0 aliphatic carbocycles. The van der Waals surface area contributed by atoms with Crippen molar-refractivity contribution in [3.05, 3.63) is 30.6 Å². The van der Waals surface area contributed by atoms with Crippen LogP contribution in [-0.2, 0) is 4.74 Å². The zero-order valence-corrected chi connectivity index (χ0v) is 7.05. The number of nitrogens with zero attached hydrogens (tertiary/aromatic N) is 3. The van der Waals surface area contributed by atoms with Gasteiger partial charge in [0.1, 0.15) is 5.82 Å². The van der Waals surface area contributed by atoms with Crippen LogP contribution in [0.5, 0.6) is 0 Å². The van der Waals surface area contributed by atoms with Crippen molar-refractivity contribution in [1.82, 2.24) is 14.4 Å². The van der Waals surface area contributed by atoms with Gasteiger partial charge in [-0.1, -0.05) is 0 Å². The van der Waals surface area contributed by atoms with Crippen molar-refractivity contribution in [3.63, 3.8) is 0 Å². The van der Waals surface area contributed by atoms with Crippen LogP contribution >= 0.6 is 0 Å². The second kappa shape index (κ2) is 2.53. The number of imidazole rings is 1. The van der Waals surface area contributed by atoms with Gasteiger partial charge in [-0.2, -0.15) is 0 Å². The van der Waals surface area contributed by atoms with Crippen molar-refractivity contribution in [2.45, 2.75) is 5.92 Å². The highest BCUT2D eigenvalue weighted by molar-refractivity contribution is 5.43. The molecule has 0 spiro atoms. The summed E-state index contributed by atoms with van der Waals surface area (Å²) >= 11 is 0. The maximum absolute atomic E-state index is 5.14. The topological polar surface area (TPSA) is 39.4 Å². The second-order valence-electron chi connectivity index (χ2n) is 3.22. The fourth-order valence-electron chi connectivity index (χ4n) is 1.56. The highest BCUT2D eigenvalue weighted by atomic mass is 16.5. The van der Waals surface area contributed by atoms with E-state index in [-0.39, 0.29) is 0 Å². The Morgan fingerprint density at radius 1 is 1.38 bits per heavy atom. The minimum Gasteiger partial charge on any atom is -0.380 e. The van der Waals surface area contributed by atoms with E-state index in [1.165, 1.54) is 0 Å². The minimum absolute atomic E-state index is 0.463. The van der Waals surface area contributed by atoms with Crippen LogP contribution in [0.15, 0.2) is 24.8 Å². The van der Waals surface area contributed by atoms with Crippen LogP contribution in [0.4, 0.5) is 0 Å². The third kappa shape index (κ3) is 0.954. The van der Waals surface area contributed by atoms with Gasteiger partial charge in [0.2, 0.25) is 0 Å². The van der Waals surface area contributed by atoms with Crippen LogP contribution in [0.2, 0.25) is 0 Å². The number of hydrogen-bond donors (Lipinski definition) is 0. The van der Waals surface area contributed by atoms with Gasteiger partial charge in [-0.3, -0.25) is 4.98 Å². The van der Waals surface area contributed by atoms with Gasteiger partial charge < -0.3 is 9.14 Å². The number of aromatic nitrogens is 3. The molecule has 0 bridgehead atoms. The monoisotopic (exact) mass is 175 g/mol. The molecule has 13 heavy (non-hydrogen) atoms. The van der Waals surface area contributed by atoms with Crippen LogP contribution in [0.25, 0.3) is 5.52 Å². The zero-order chi connectivity index (χ0) is 8.67. The first-order valence-corrected chi connectivity index (χ1v) is 4.30. The predicted octanol–water partition coefficient (Wildman–Crippen LogP) is 0.843. The Labute approximate surface area is 75.2 Å². The molecule has 4 nitrogen and oxygen atoms in total. The zero-order valence-electron chi connectivity index (χ0n) is 7.05. The molecule has 0 amide bonds. The average molecular weight is 175 g/mol. The Bertz CT molecular complexity index is 433. The number of fused-ring (bicyclic) bond motifs is 1. The quantitative estimate of drug-likeness (QED) is 0.644. The smallest absolute Gasteiger partial charge is 0.121 e. The summed E-state index contributed by atoms with van der Waals surface area (Å²) in [5, 5.41) is 0. The third-order valence-corrected chi connectivity index (χ3v) is 2.37. The molecule has 2 aromatic heterocycles. The van der Waals surface area contributed by atoms with Gasteiger partial charge in [-0.25, -0.2) is 4.98 Å². The van der Waals surface area contributed by atoms with Gasteiger partial charge in [-0.15, -0.1) is 0 Å². The van der Waals surface area contributed by atoms with Crippen LogP contribution in [-0.4, -0.2) is 27.6 Å². The fraction of sp³-hybridized carbons (Fsp3) is 0.333. The molecular formula is C9H9N3O. The van der Waals surface area contributed by atoms with E-state index in [1.54, 1.807) is 6.20 Å². The molecule has 3 heterocycles. The number of rotatable bonds is 1. The summed E-state index contributed by atoms with van der Waals surface area (Å²) in [6, 6.07) is 0. The molecule has 0 aromatic carbocycles. The maximum atomic E-state index is 5.14. The molecule has 0 unspecified atom stereocenters. The van der Waals surface area contributed by atoms with Crippen molar-refractivity contribution in [2.24, 2.45) is 0 Å². The first kappa shape index (κ1) is 7.03. The van der Waals surface area contributed by atoms with Crippen LogP contribution in [0.3, 0.4) is 0 Å². The van der Waals surface area contributed by atoms with E-state index < -0.39 is 0 Å². The molecule has 3 rings (SSSR count). The summed E-state index contributed by atoms with van der Waals surface area (Å²) < 4.78 is 7.21. The lowest BCUT2D eigenvalue weighted by Crippen LogP contribution is -2.27. The fourth-order valence-corrected chi connectivity index (χ4v) is 1.56. The van der Waals surface area contributed by atoms with E-state index in [4.69, 9.17) is 4.74 Å². The molecule has 1 aliphatic heterocycles. The minimum atomic E-state index is 0.463. The Morgan fingerprint density at radius 3 is 3.08 bits per heavy atom. The predicted molar refractivity (Wildman–Crippen MR) is 46.5 cm³/mol. The van der Waals surface area contributed by atoms with E-state index in [2.05, 4.69) is 14.4 Å². The molecule has 1 saturated heterocycles. The first-order chi connectivity index (χ1) is 6.45. The molecular weight excluding hydrogens is 166 g/mol. The van der Waals surface area contributed by atoms with Gasteiger partial charge in [0.05, 0.1) is 37.0 Å². The van der Waals surface area contributed by atoms with Crippen molar-refractivity contribution >= 4 is 5.52 Å². The molecule has 66 valence electrons. The highest BCUT2D eigenvalue weighted by Crippen LogP contribution is 2.22. The Balaban J connectivity index is 2.17. The normalized spacial score (nSPS) is 17.5. The Morgan fingerprint density at radius 2 is 2.31 bits per heavy atom. The van der Waals surface area contributed by atoms with E-state index >= 15 is 0 Å². The molecule has 0 radical (unpaired) electrons. The van der Waals surface area contributed by atoms with Crippen molar-refractivity contribution in [3.8, 4) is 0 Å². The van der Waals surface area contributed by atoms with Crippen molar-refractivity contribution in [2.75, 3.05) is 13.2 Å². The van der Waals surface area contributed by atoms with Gasteiger partial charge in [0, 0.05) is 12.4 Å². The molecule has 0 N–H and O–H groups in total. The molecule has 1 fully saturated rings. The lowest BCUT2D eigenvalue weighted by molar-refractivity contribution is 0.00465. The molecule has 2 aromatic rings. The SMILES string of the molecule is c1cn2c(C3COC3)ncc2cn1. The van der Waals surface area contributed by atoms with E-state index in [9.17, 15) is 0 Å². The van der Waals surface area contributed by atoms with Gasteiger partial charge in [0.15, 0.2) is 0 Å². The van der Waals surface area contributed by atoms with Crippen molar-refractivity contribution < 1.29 is 4.74 Å². The van der Waals surface area contributed by atoms with E-state index in [0.717, 1.165) is 24.6 Å². The molecule has 0 atom stereocenters. The van der Waals surface area contributed by atoms with Crippen LogP contribution in [0, 0.1) is 0 Å². The number of hydrogen-bond acceptors (Lipinski definition) is 3. The summed E-state index contributed by atoms with van der Waals surface area (Å²) in [7, 11) is 0. The van der Waals surface area contributed by atoms with Gasteiger partial charge >= 0.3 is 0 Å². The third-order valence-electron chi connectivity index (χ3n) is 2.37. The largest absolute Gasteiger partial charge is 0.380 e. The van der Waals surface area contributed by atoms with Gasteiger partial charge in [0.25, 0.3) is 0 Å². The Hall–Kier alpha value is -1.42. The Kier molecular flexibility index (Phi) is 1.37. The molecule has 4 heteroatoms. The summed E-state index contributed by atoms with van der Waals surface area (Å²) in [4.78, 5) is 8.40. The summed E-state index contributed by atoms with van der Waals surface area (Å²) in [5.41, 5.74) is 1.05. The van der Waals surface area contributed by atoms with Crippen LogP contribution < -0.4 is 0 Å². The molecule has 0 saturated carbocycles. The number of ether oxygens (including phenoxy) is 1. The average Bonchev–Trinajstić information content (AvgIpc) is 2.47. The van der Waals surface area contributed by atoms with Crippen molar-refractivity contribution in [1.29, 1.82) is 0 Å². The standard InChI is InChI=1S/C9H9N3O/c1-2-12-8(3-10-1)4-11-9(12)7-5-13-6-7/h1-4,7H,5-6H2. The summed E-state index contributed by atoms with van der Waals surface area (Å²) in [6.45, 7) is 1.59. The van der Waals surface area contributed by atoms with Gasteiger partial charge in [-0.05, 0) is 0 Å². The second-order valence-corrected chi connectivity index (χ2v) is 3.22. The molecule has 1 aliphatic rings. The highest BCUT2D eigenvalue weighted by Gasteiger charge is 2.24. The lowest BCUT2D eigenvalue weighted by atomic mass is 10.1. The van der Waals surface area contributed by atoms with Crippen LogP contribution in [0.1, 0.15) is 11.7 Å². The first-order valence-electron chi connectivity index (χ1n) is 4.30. The van der Waals surface area contributed by atoms with E-state index in [1.807, 2.05) is 18.6 Å². The maximum Gasteiger partial charge on any atom is 0.121 e. The lowest BCUT2D eigenvalue weighted by Gasteiger charge is -2.24.